The first kappa shape index (κ1) is 16.3. The molecule has 1 rings (SSSR count). The fourth-order valence-corrected chi connectivity index (χ4v) is 2.17. The lowest BCUT2D eigenvalue weighted by atomic mass is 10.1. The Kier molecular flexibility index (Phi) is 6.69. The first-order valence-corrected chi connectivity index (χ1v) is 7.72. The van der Waals surface area contributed by atoms with Crippen LogP contribution in [0.25, 0.3) is 0 Å². The minimum Gasteiger partial charge on any atom is -0.486 e. The zero-order valence-corrected chi connectivity index (χ0v) is 13.3. The first-order chi connectivity index (χ1) is 8.96. The zero-order chi connectivity index (χ0) is 14.3. The van der Waals surface area contributed by atoms with Crippen molar-refractivity contribution in [3.8, 4) is 5.75 Å². The Morgan fingerprint density at radius 1 is 1.26 bits per heavy atom. The maximum absolute atomic E-state index is 6.06. The number of thioether (sulfide) groups is 1. The summed E-state index contributed by atoms with van der Waals surface area (Å²) < 4.78 is 11.3. The summed E-state index contributed by atoms with van der Waals surface area (Å²) in [6, 6.07) is 8.10. The second-order valence-corrected chi connectivity index (χ2v) is 6.33. The van der Waals surface area contributed by atoms with E-state index in [0.717, 1.165) is 17.2 Å². The van der Waals surface area contributed by atoms with E-state index in [9.17, 15) is 0 Å². The molecule has 0 aliphatic carbocycles. The highest BCUT2D eigenvalue weighted by Gasteiger charge is 2.16. The lowest BCUT2D eigenvalue weighted by Crippen LogP contribution is -2.44. The average molecular weight is 283 g/mol. The van der Waals surface area contributed by atoms with Crippen LogP contribution in [0, 0.1) is 0 Å². The number of nitrogens with one attached hydrogen (secondary N) is 1. The van der Waals surface area contributed by atoms with Crippen LogP contribution < -0.4 is 10.1 Å². The van der Waals surface area contributed by atoms with Gasteiger partial charge in [-0.2, -0.15) is 0 Å². The molecule has 0 aromatic heterocycles. The van der Waals surface area contributed by atoms with Gasteiger partial charge in [0.2, 0.25) is 0 Å². The molecule has 1 atom stereocenters. The van der Waals surface area contributed by atoms with Crippen molar-refractivity contribution in [3.63, 3.8) is 0 Å². The van der Waals surface area contributed by atoms with Crippen LogP contribution in [0.15, 0.2) is 29.2 Å². The van der Waals surface area contributed by atoms with Gasteiger partial charge in [0.1, 0.15) is 11.9 Å². The molecule has 1 aromatic rings. The highest BCUT2D eigenvalue weighted by Crippen LogP contribution is 2.27. The molecule has 0 heterocycles. The maximum Gasteiger partial charge on any atom is 0.134 e. The molecule has 0 spiro atoms. The topological polar surface area (TPSA) is 30.5 Å². The molecule has 19 heavy (non-hydrogen) atoms. The van der Waals surface area contributed by atoms with Gasteiger partial charge in [0.15, 0.2) is 0 Å². The van der Waals surface area contributed by atoms with Gasteiger partial charge in [0.25, 0.3) is 0 Å². The standard InChI is InChI=1S/C15H25NO2S/c1-15(2,3)16-10-12(11-17-4)18-13-8-6-7-9-14(13)19-5/h6-9,12,16H,10-11H2,1-5H3. The van der Waals surface area contributed by atoms with Crippen LogP contribution in [0.4, 0.5) is 0 Å². The van der Waals surface area contributed by atoms with Crippen molar-refractivity contribution in [1.82, 2.24) is 5.32 Å². The summed E-state index contributed by atoms with van der Waals surface area (Å²) in [4.78, 5) is 1.15. The molecule has 0 bridgehead atoms. The van der Waals surface area contributed by atoms with Gasteiger partial charge >= 0.3 is 0 Å². The summed E-state index contributed by atoms with van der Waals surface area (Å²) in [5.74, 6) is 0.924. The molecule has 0 aliphatic heterocycles. The summed E-state index contributed by atoms with van der Waals surface area (Å²) in [6.45, 7) is 7.78. The monoisotopic (exact) mass is 283 g/mol. The van der Waals surface area contributed by atoms with Crippen molar-refractivity contribution in [2.75, 3.05) is 26.5 Å². The molecule has 108 valence electrons. The number of ether oxygens (including phenoxy) is 2. The summed E-state index contributed by atoms with van der Waals surface area (Å²) in [6.07, 6.45) is 2.07. The van der Waals surface area contributed by atoms with Crippen LogP contribution in [0.3, 0.4) is 0 Å². The molecular weight excluding hydrogens is 258 g/mol. The second-order valence-electron chi connectivity index (χ2n) is 5.48. The Labute approximate surface area is 121 Å². The molecule has 0 aliphatic rings. The van der Waals surface area contributed by atoms with Crippen LogP contribution in [-0.4, -0.2) is 38.2 Å². The molecule has 0 saturated carbocycles. The van der Waals surface area contributed by atoms with Crippen LogP contribution >= 0.6 is 11.8 Å². The number of benzene rings is 1. The molecule has 0 amide bonds. The van der Waals surface area contributed by atoms with E-state index < -0.39 is 0 Å². The minimum absolute atomic E-state index is 0.0116. The van der Waals surface area contributed by atoms with Gasteiger partial charge in [-0.1, -0.05) is 12.1 Å². The third-order valence-corrected chi connectivity index (χ3v) is 3.35. The van der Waals surface area contributed by atoms with Crippen LogP contribution in [0.5, 0.6) is 5.75 Å². The summed E-state index contributed by atoms with van der Waals surface area (Å²) in [5.41, 5.74) is 0.0778. The van der Waals surface area contributed by atoms with Gasteiger partial charge in [0, 0.05) is 24.1 Å². The Hall–Kier alpha value is -0.710. The zero-order valence-electron chi connectivity index (χ0n) is 12.5. The lowest BCUT2D eigenvalue weighted by molar-refractivity contribution is 0.0747. The van der Waals surface area contributed by atoms with E-state index >= 15 is 0 Å². The fraction of sp³-hybridized carbons (Fsp3) is 0.600. The van der Waals surface area contributed by atoms with E-state index in [0.29, 0.717) is 6.61 Å². The molecular formula is C15H25NO2S. The van der Waals surface area contributed by atoms with Crippen molar-refractivity contribution in [3.05, 3.63) is 24.3 Å². The van der Waals surface area contributed by atoms with Crippen molar-refractivity contribution in [2.24, 2.45) is 0 Å². The van der Waals surface area contributed by atoms with E-state index in [-0.39, 0.29) is 11.6 Å². The van der Waals surface area contributed by atoms with Crippen molar-refractivity contribution >= 4 is 11.8 Å². The Morgan fingerprint density at radius 2 is 1.95 bits per heavy atom. The van der Waals surface area contributed by atoms with Gasteiger partial charge in [-0.15, -0.1) is 11.8 Å². The highest BCUT2D eigenvalue weighted by atomic mass is 32.2. The molecule has 4 heteroatoms. The van der Waals surface area contributed by atoms with Crippen molar-refractivity contribution in [1.29, 1.82) is 0 Å². The normalized spacial score (nSPS) is 13.3. The van der Waals surface area contributed by atoms with Gasteiger partial charge in [-0.3, -0.25) is 0 Å². The van der Waals surface area contributed by atoms with E-state index in [1.165, 1.54) is 0 Å². The minimum atomic E-state index is 0.0116. The number of hydrogen-bond donors (Lipinski definition) is 1. The summed E-state index contributed by atoms with van der Waals surface area (Å²) >= 11 is 1.69. The third-order valence-electron chi connectivity index (χ3n) is 2.58. The van der Waals surface area contributed by atoms with Gasteiger partial charge in [-0.25, -0.2) is 0 Å². The van der Waals surface area contributed by atoms with Crippen LogP contribution in [0.2, 0.25) is 0 Å². The predicted molar refractivity (Wildman–Crippen MR) is 82.3 cm³/mol. The predicted octanol–water partition coefficient (Wildman–Crippen LogP) is 3.19. The fourth-order valence-electron chi connectivity index (χ4n) is 1.64. The first-order valence-electron chi connectivity index (χ1n) is 6.50. The number of methoxy groups -OCH3 is 1. The third kappa shape index (κ3) is 6.32. The number of hydrogen-bond acceptors (Lipinski definition) is 4. The number of rotatable bonds is 7. The molecule has 0 fully saturated rings. The largest absolute Gasteiger partial charge is 0.486 e. The highest BCUT2D eigenvalue weighted by molar-refractivity contribution is 7.98. The lowest BCUT2D eigenvalue weighted by Gasteiger charge is -2.26. The molecule has 0 saturated heterocycles. The summed E-state index contributed by atoms with van der Waals surface area (Å²) in [5, 5.41) is 3.45. The van der Waals surface area contributed by atoms with Crippen LogP contribution in [0.1, 0.15) is 20.8 Å². The molecule has 1 aromatic carbocycles. The van der Waals surface area contributed by atoms with Crippen LogP contribution in [-0.2, 0) is 4.74 Å². The summed E-state index contributed by atoms with van der Waals surface area (Å²) in [7, 11) is 1.70. The molecule has 3 nitrogen and oxygen atoms in total. The SMILES string of the molecule is COCC(CNC(C)(C)C)Oc1ccccc1SC. The van der Waals surface area contributed by atoms with E-state index in [1.807, 2.05) is 18.2 Å². The van der Waals surface area contributed by atoms with Crippen molar-refractivity contribution in [2.45, 2.75) is 37.3 Å². The Balaban J connectivity index is 2.66. The Morgan fingerprint density at radius 3 is 2.53 bits per heavy atom. The maximum atomic E-state index is 6.06. The van der Waals surface area contributed by atoms with E-state index in [1.54, 1.807) is 18.9 Å². The smallest absolute Gasteiger partial charge is 0.134 e. The number of para-hydroxylation sites is 1. The van der Waals surface area contributed by atoms with E-state index in [2.05, 4.69) is 38.4 Å². The van der Waals surface area contributed by atoms with Crippen molar-refractivity contribution < 1.29 is 9.47 Å². The second kappa shape index (κ2) is 7.78. The quantitative estimate of drug-likeness (QED) is 0.779. The van der Waals surface area contributed by atoms with E-state index in [4.69, 9.17) is 9.47 Å². The van der Waals surface area contributed by atoms with Gasteiger partial charge in [0.05, 0.1) is 6.61 Å². The molecule has 0 radical (unpaired) electrons. The molecule has 1 unspecified atom stereocenters. The van der Waals surface area contributed by atoms with Gasteiger partial charge < -0.3 is 14.8 Å². The van der Waals surface area contributed by atoms with Gasteiger partial charge in [-0.05, 0) is 39.2 Å². The average Bonchev–Trinajstić information content (AvgIpc) is 2.36. The Bertz CT molecular complexity index is 377. The molecule has 1 N–H and O–H groups in total.